The van der Waals surface area contributed by atoms with E-state index in [9.17, 15) is 57.2 Å². The molecule has 4 aliphatic rings. The number of aliphatic hydroxyl groups is 1. The average molecular weight is 1680 g/mol. The molecule has 11 rings (SSSR count). The van der Waals surface area contributed by atoms with Crippen LogP contribution in [0.3, 0.4) is 0 Å². The molecule has 0 radical (unpaired) electrons. The van der Waals surface area contributed by atoms with Crippen molar-refractivity contribution in [3.63, 3.8) is 0 Å². The molecule has 1 aromatic carbocycles. The highest BCUT2D eigenvalue weighted by atomic mass is 32.2. The zero-order chi connectivity index (χ0) is 86.2. The van der Waals surface area contributed by atoms with E-state index in [4.69, 9.17) is 61.8 Å². The number of pyridine rings is 3. The van der Waals surface area contributed by atoms with Crippen LogP contribution in [-0.4, -0.2) is 178 Å². The molecule has 1 N–H and O–H groups in total. The van der Waals surface area contributed by atoms with Crippen molar-refractivity contribution in [2.45, 2.75) is 234 Å². The molecule has 6 heterocycles. The Morgan fingerprint density at radius 1 is 0.529 bits per heavy atom. The predicted octanol–water partition coefficient (Wildman–Crippen LogP) is 12.3. The number of nitrogens with zero attached hydrogens (tertiary/aromatic N) is 11. The Balaban J connectivity index is 0.000000206. The topological polar surface area (TPSA) is 423 Å². The van der Waals surface area contributed by atoms with Crippen LogP contribution >= 0.6 is 0 Å². The summed E-state index contributed by atoms with van der Waals surface area (Å²) in [5.74, 6) is -0.930. The second-order valence-electron chi connectivity index (χ2n) is 30.6. The number of nitro groups is 1. The molecule has 0 saturated heterocycles. The lowest BCUT2D eigenvalue weighted by molar-refractivity contribution is -0.384. The van der Waals surface area contributed by atoms with Crippen LogP contribution in [0.2, 0.25) is 0 Å². The molecule has 1 amide bonds. The molecule has 4 saturated carbocycles. The van der Waals surface area contributed by atoms with E-state index >= 15 is 0 Å². The van der Waals surface area contributed by atoms with Crippen molar-refractivity contribution in [2.24, 2.45) is 38.9 Å². The van der Waals surface area contributed by atoms with Gasteiger partial charge in [-0.1, -0.05) is 12.8 Å². The van der Waals surface area contributed by atoms with E-state index in [-0.39, 0.29) is 147 Å². The van der Waals surface area contributed by atoms with Crippen LogP contribution in [0.5, 0.6) is 28.9 Å². The number of nitro benzene ring substituents is 1. The number of aliphatic hydroxyl groups excluding tert-OH is 1. The van der Waals surface area contributed by atoms with Gasteiger partial charge in [-0.3, -0.25) is 48.1 Å². The summed E-state index contributed by atoms with van der Waals surface area (Å²) in [6.07, 6.45) is 16.2. The first-order valence-electron chi connectivity index (χ1n) is 40.0. The fourth-order valence-corrected chi connectivity index (χ4v) is 14.5. The van der Waals surface area contributed by atoms with Crippen LogP contribution < -0.4 is 23.7 Å². The van der Waals surface area contributed by atoms with Gasteiger partial charge in [0.1, 0.15) is 61.7 Å². The SMILES string of the molecule is CC(=O)OCc1nc(-c2cnn(C)c2CO)ccc1O[C@H]1CCC[C@H](C(=O)OC(C)C)C1.CC(=O)OCc1nc(-c2cnn(C)c2COC(=O)Oc2ccc([N+](=O)[O-])cc2)ccc1O[C@H]1CCC[C@H](C(=O)OC(C)C)C1.CC(C)OC(=O)[C@H]1CCC[C@H](Oc2ccc(-c3cnn(C)c3COC(=O)N(C)C3CCCC3)nc2OCCS(C)(=O)=O)C1. The molecule has 6 atom stereocenters. The van der Waals surface area contributed by atoms with E-state index in [1.807, 2.05) is 41.5 Å². The molecule has 646 valence electrons. The number of benzene rings is 1. The summed E-state index contributed by atoms with van der Waals surface area (Å²) in [6.45, 7) is 12.9. The van der Waals surface area contributed by atoms with Gasteiger partial charge in [-0.25, -0.2) is 33.0 Å². The third kappa shape index (κ3) is 27.4. The zero-order valence-corrected chi connectivity index (χ0v) is 70.5. The van der Waals surface area contributed by atoms with E-state index in [1.54, 1.807) is 97.4 Å². The summed E-state index contributed by atoms with van der Waals surface area (Å²) < 4.78 is 95.6. The molecule has 0 spiro atoms. The van der Waals surface area contributed by atoms with Crippen molar-refractivity contribution in [2.75, 3.05) is 25.7 Å². The fourth-order valence-electron chi connectivity index (χ4n) is 14.1. The molecular formula is C83H109N11O24S. The Labute approximate surface area is 691 Å². The molecule has 4 aliphatic carbocycles. The highest BCUT2D eigenvalue weighted by Crippen LogP contribution is 2.39. The van der Waals surface area contributed by atoms with Crippen LogP contribution in [0.4, 0.5) is 15.3 Å². The first kappa shape index (κ1) is 91.6. The highest BCUT2D eigenvalue weighted by Gasteiger charge is 2.35. The Kier molecular flexibility index (Phi) is 33.4. The minimum absolute atomic E-state index is 0.00185. The molecule has 7 aromatic rings. The first-order chi connectivity index (χ1) is 56.7. The third-order valence-corrected chi connectivity index (χ3v) is 21.2. The smallest absolute Gasteiger partial charge is 0.488 e. The molecular weight excluding hydrogens is 1570 g/mol. The molecule has 0 aliphatic heterocycles. The van der Waals surface area contributed by atoms with Gasteiger partial charge in [0.2, 0.25) is 0 Å². The van der Waals surface area contributed by atoms with Crippen molar-refractivity contribution in [1.29, 1.82) is 0 Å². The number of carbonyl (C=O) groups is 7. The third-order valence-electron chi connectivity index (χ3n) is 20.3. The van der Waals surface area contributed by atoms with Crippen molar-refractivity contribution in [3.8, 4) is 62.7 Å². The normalized spacial score (nSPS) is 17.9. The number of sulfone groups is 1. The summed E-state index contributed by atoms with van der Waals surface area (Å²) in [5.41, 5.74) is 5.95. The van der Waals surface area contributed by atoms with Gasteiger partial charge >= 0.3 is 42.1 Å². The standard InChI is InChI=1S/C30H34N4O10.C30H44N4O8S.C23H31N3O6/c1-18(2)42-29(36)20-6-5-7-23(14-20)43-28-13-12-25(32-26(28)16-40-19(3)35)24-15-31-33(4)27(24)17-41-30(37)44-22-10-8-21(9-11-22)34(38)39;1-20(2)41-29(35)21-9-8-12-23(17-21)42-27-14-13-25(32-28(27)39-15-16-43(5,37)38)24-18-31-34(4)26(24)19-40-30(36)33(3)22-10-6-7-11-22;1-14(2)31-23(29)16-6-5-7-17(10-16)32-22-9-8-19(25-20(22)13-30-15(3)28)18-11-24-26(4)21(18)12-27/h8-13,15,18,20,23H,5-7,14,16-17H2,1-4H3;13-14,18,20-23H,6-12,15-17,19H2,1-5H3;8-9,11,14,16-17,27H,5-7,10,12-13H2,1-4H3/t20-,23-;21-,23-;16-,17-/m000/s1. The number of rotatable bonds is 31. The van der Waals surface area contributed by atoms with Crippen molar-refractivity contribution in [1.82, 2.24) is 49.2 Å². The summed E-state index contributed by atoms with van der Waals surface area (Å²) >= 11 is 0. The maximum Gasteiger partial charge on any atom is 0.514 e. The Morgan fingerprint density at radius 2 is 0.933 bits per heavy atom. The van der Waals surface area contributed by atoms with Crippen LogP contribution in [0.15, 0.2) is 79.3 Å². The van der Waals surface area contributed by atoms with Crippen LogP contribution in [0.1, 0.15) is 187 Å². The largest absolute Gasteiger partial charge is 0.514 e. The number of non-ortho nitro benzene ring substituents is 1. The lowest BCUT2D eigenvalue weighted by atomic mass is 9.87. The number of hydrogen-bond donors (Lipinski definition) is 1. The molecule has 6 aromatic heterocycles. The van der Waals surface area contributed by atoms with Gasteiger partial charge in [-0.05, 0) is 180 Å². The summed E-state index contributed by atoms with van der Waals surface area (Å²) in [6, 6.07) is 15.7. The predicted molar refractivity (Wildman–Crippen MR) is 428 cm³/mol. The Bertz CT molecular complexity index is 4750. The summed E-state index contributed by atoms with van der Waals surface area (Å²) in [5, 5.41) is 33.3. The van der Waals surface area contributed by atoms with Gasteiger partial charge in [0, 0.05) is 83.2 Å². The average Bonchev–Trinajstić information content (AvgIpc) is 1.74. The number of carbonyl (C=O) groups excluding carboxylic acids is 7. The minimum atomic E-state index is -3.27. The molecule has 36 heteroatoms. The van der Waals surface area contributed by atoms with Crippen LogP contribution in [0, 0.1) is 27.9 Å². The number of amides is 1. The molecule has 119 heavy (non-hydrogen) atoms. The molecule has 0 bridgehead atoms. The van der Waals surface area contributed by atoms with Crippen molar-refractivity contribution >= 4 is 57.6 Å². The lowest BCUT2D eigenvalue weighted by Gasteiger charge is -2.29. The molecule has 4 fully saturated rings. The number of hydrogen-bond acceptors (Lipinski definition) is 30. The minimum Gasteiger partial charge on any atom is -0.488 e. The summed E-state index contributed by atoms with van der Waals surface area (Å²) in [7, 11) is 3.68. The molecule has 0 unspecified atom stereocenters. The van der Waals surface area contributed by atoms with Crippen molar-refractivity contribution < 1.29 is 109 Å². The quantitative estimate of drug-likeness (QED) is 0.0139. The zero-order valence-electron chi connectivity index (χ0n) is 69.7. The number of esters is 5. The maximum atomic E-state index is 12.7. The van der Waals surface area contributed by atoms with Crippen LogP contribution in [-0.2, 0) is 121 Å². The second-order valence-corrected chi connectivity index (χ2v) is 32.9. The number of aryl methyl sites for hydroxylation is 3. The monoisotopic (exact) mass is 1680 g/mol. The van der Waals surface area contributed by atoms with E-state index in [0.717, 1.165) is 89.7 Å². The van der Waals surface area contributed by atoms with Gasteiger partial charge in [0.25, 0.3) is 11.6 Å². The van der Waals surface area contributed by atoms with Gasteiger partial charge in [0.05, 0.1) is 124 Å². The number of aromatic nitrogens is 9. The Morgan fingerprint density at radius 3 is 1.34 bits per heavy atom. The van der Waals surface area contributed by atoms with E-state index in [2.05, 4.69) is 25.3 Å². The van der Waals surface area contributed by atoms with Gasteiger partial charge in [-0.15, -0.1) is 0 Å². The second kappa shape index (κ2) is 43.4. The summed E-state index contributed by atoms with van der Waals surface area (Å²) in [4.78, 5) is 111. The van der Waals surface area contributed by atoms with Crippen molar-refractivity contribution in [3.05, 3.63) is 118 Å². The van der Waals surface area contributed by atoms with Gasteiger partial charge in [-0.2, -0.15) is 15.3 Å². The Hall–Kier alpha value is -11.3. The van der Waals surface area contributed by atoms with Crippen LogP contribution in [0.25, 0.3) is 33.8 Å². The van der Waals surface area contributed by atoms with Gasteiger partial charge in [0.15, 0.2) is 15.6 Å². The highest BCUT2D eigenvalue weighted by molar-refractivity contribution is 7.90. The number of ether oxygens (including phenoxy) is 12. The lowest BCUT2D eigenvalue weighted by Crippen LogP contribution is -2.35. The van der Waals surface area contributed by atoms with E-state index in [1.165, 1.54) is 42.8 Å². The fraction of sp³-hybridized carbons (Fsp3) is 0.554. The van der Waals surface area contributed by atoms with E-state index < -0.39 is 32.9 Å². The van der Waals surface area contributed by atoms with E-state index in [0.29, 0.717) is 98.8 Å². The first-order valence-corrected chi connectivity index (χ1v) is 42.1. The maximum absolute atomic E-state index is 12.7. The molecule has 35 nitrogen and oxygen atoms in total. The van der Waals surface area contributed by atoms with Gasteiger partial charge < -0.3 is 66.8 Å².